The van der Waals surface area contributed by atoms with Crippen molar-refractivity contribution < 1.29 is 22.4 Å². The minimum atomic E-state index is -3.79. The number of amides is 1. The molecule has 1 aromatic heterocycles. The molecule has 8 heteroatoms. The van der Waals surface area contributed by atoms with Crippen LogP contribution in [-0.2, 0) is 14.8 Å². The molecule has 0 radical (unpaired) electrons. The predicted octanol–water partition coefficient (Wildman–Crippen LogP) is 4.16. The Labute approximate surface area is 180 Å². The highest BCUT2D eigenvalue weighted by Crippen LogP contribution is 2.36. The van der Waals surface area contributed by atoms with Crippen LogP contribution in [0.1, 0.15) is 5.56 Å². The van der Waals surface area contributed by atoms with Gasteiger partial charge in [-0.1, -0.05) is 35.9 Å². The lowest BCUT2D eigenvalue weighted by Gasteiger charge is -2.17. The zero-order chi connectivity index (χ0) is 22.2. The second-order valence-corrected chi connectivity index (χ2v) is 9.31. The minimum Gasteiger partial charge on any atom is -0.495 e. The number of methoxy groups -OCH3 is 1. The third kappa shape index (κ3) is 3.99. The lowest BCUT2D eigenvalue weighted by molar-refractivity contribution is -0.116. The van der Waals surface area contributed by atoms with Crippen molar-refractivity contribution in [2.45, 2.75) is 11.8 Å². The van der Waals surface area contributed by atoms with Gasteiger partial charge in [0.2, 0.25) is 15.9 Å². The van der Waals surface area contributed by atoms with Crippen LogP contribution in [0, 0.1) is 6.92 Å². The van der Waals surface area contributed by atoms with Gasteiger partial charge in [0.25, 0.3) is 0 Å². The van der Waals surface area contributed by atoms with Gasteiger partial charge in [-0.15, -0.1) is 0 Å². The maximum Gasteiger partial charge on any atom is 0.243 e. The molecule has 0 saturated heterocycles. The molecule has 0 spiro atoms. The Morgan fingerprint density at radius 2 is 1.74 bits per heavy atom. The number of fused-ring (bicyclic) bond motifs is 3. The molecule has 0 fully saturated rings. The lowest BCUT2D eigenvalue weighted by Crippen LogP contribution is -2.35. The van der Waals surface area contributed by atoms with Crippen molar-refractivity contribution in [2.24, 2.45) is 0 Å². The van der Waals surface area contributed by atoms with E-state index in [1.54, 1.807) is 24.3 Å². The van der Waals surface area contributed by atoms with Gasteiger partial charge in [-0.05, 0) is 31.2 Å². The quantitative estimate of drug-likeness (QED) is 0.488. The molecule has 0 saturated carbocycles. The van der Waals surface area contributed by atoms with E-state index in [4.69, 9.17) is 9.15 Å². The number of nitrogens with zero attached hydrogens (tertiary/aromatic N) is 1. The molecule has 1 heterocycles. The van der Waals surface area contributed by atoms with Crippen molar-refractivity contribution in [1.29, 1.82) is 0 Å². The molecular formula is C23H22N2O5S. The average Bonchev–Trinajstić information content (AvgIpc) is 3.10. The van der Waals surface area contributed by atoms with E-state index < -0.39 is 15.9 Å². The van der Waals surface area contributed by atoms with Gasteiger partial charge in [0, 0.05) is 23.9 Å². The van der Waals surface area contributed by atoms with Crippen molar-refractivity contribution >= 4 is 43.6 Å². The van der Waals surface area contributed by atoms with Crippen molar-refractivity contribution in [3.8, 4) is 5.75 Å². The maximum absolute atomic E-state index is 12.7. The number of carbonyl (C=O) groups is 1. The third-order valence-electron chi connectivity index (χ3n) is 5.07. The Bertz CT molecular complexity index is 1370. The highest BCUT2D eigenvalue weighted by atomic mass is 32.2. The first-order valence-electron chi connectivity index (χ1n) is 9.62. The molecule has 160 valence electrons. The third-order valence-corrected chi connectivity index (χ3v) is 6.89. The SMILES string of the molecule is COc1cc2c(cc1NC(=O)CN(C)S(=O)(=O)c1ccc(C)cc1)oc1ccccc12. The van der Waals surface area contributed by atoms with Crippen molar-refractivity contribution in [3.05, 3.63) is 66.2 Å². The summed E-state index contributed by atoms with van der Waals surface area (Å²) in [5, 5.41) is 4.54. The molecular weight excluding hydrogens is 416 g/mol. The molecule has 1 amide bonds. The zero-order valence-electron chi connectivity index (χ0n) is 17.4. The molecule has 1 N–H and O–H groups in total. The summed E-state index contributed by atoms with van der Waals surface area (Å²) in [6.45, 7) is 1.53. The molecule has 0 aliphatic carbocycles. The molecule has 3 aromatic carbocycles. The molecule has 0 unspecified atom stereocenters. The Morgan fingerprint density at radius 1 is 1.03 bits per heavy atom. The summed E-state index contributed by atoms with van der Waals surface area (Å²) < 4.78 is 37.8. The Morgan fingerprint density at radius 3 is 2.45 bits per heavy atom. The van der Waals surface area contributed by atoms with E-state index in [0.29, 0.717) is 17.0 Å². The van der Waals surface area contributed by atoms with Gasteiger partial charge in [0.1, 0.15) is 16.9 Å². The molecule has 31 heavy (non-hydrogen) atoms. The molecule has 0 aliphatic heterocycles. The molecule has 0 bridgehead atoms. The summed E-state index contributed by atoms with van der Waals surface area (Å²) in [6.07, 6.45) is 0. The number of hydrogen-bond acceptors (Lipinski definition) is 5. The molecule has 7 nitrogen and oxygen atoms in total. The minimum absolute atomic E-state index is 0.134. The lowest BCUT2D eigenvalue weighted by atomic mass is 10.1. The van der Waals surface area contributed by atoms with Crippen LogP contribution in [0.5, 0.6) is 5.75 Å². The number of para-hydroxylation sites is 1. The number of furan rings is 1. The van der Waals surface area contributed by atoms with Gasteiger partial charge >= 0.3 is 0 Å². The van der Waals surface area contributed by atoms with Crippen LogP contribution >= 0.6 is 0 Å². The average molecular weight is 439 g/mol. The fourth-order valence-corrected chi connectivity index (χ4v) is 4.51. The van der Waals surface area contributed by atoms with E-state index in [9.17, 15) is 13.2 Å². The van der Waals surface area contributed by atoms with E-state index >= 15 is 0 Å². The summed E-state index contributed by atoms with van der Waals surface area (Å²) in [4.78, 5) is 12.8. The fraction of sp³-hybridized carbons (Fsp3) is 0.174. The number of carbonyl (C=O) groups excluding carboxylic acids is 1. The first-order valence-corrected chi connectivity index (χ1v) is 11.1. The summed E-state index contributed by atoms with van der Waals surface area (Å²) >= 11 is 0. The number of benzene rings is 3. The van der Waals surface area contributed by atoms with Gasteiger partial charge in [-0.3, -0.25) is 4.79 Å². The van der Waals surface area contributed by atoms with Crippen molar-refractivity contribution in [3.63, 3.8) is 0 Å². The van der Waals surface area contributed by atoms with Crippen molar-refractivity contribution in [1.82, 2.24) is 4.31 Å². The van der Waals surface area contributed by atoms with Gasteiger partial charge < -0.3 is 14.5 Å². The normalized spacial score (nSPS) is 11.9. The number of ether oxygens (including phenoxy) is 1. The topological polar surface area (TPSA) is 88.9 Å². The van der Waals surface area contributed by atoms with E-state index in [1.807, 2.05) is 31.2 Å². The maximum atomic E-state index is 12.7. The number of rotatable bonds is 6. The van der Waals surface area contributed by atoms with Crippen LogP contribution in [0.15, 0.2) is 70.0 Å². The smallest absolute Gasteiger partial charge is 0.243 e. The summed E-state index contributed by atoms with van der Waals surface area (Å²) in [6, 6.07) is 17.6. The first kappa shape index (κ1) is 20.9. The summed E-state index contributed by atoms with van der Waals surface area (Å²) in [5.41, 5.74) is 2.68. The van der Waals surface area contributed by atoms with Crippen LogP contribution in [0.25, 0.3) is 21.9 Å². The van der Waals surface area contributed by atoms with Gasteiger partial charge in [0.15, 0.2) is 0 Å². The standard InChI is InChI=1S/C23H22N2O5S/c1-15-8-10-16(11-9-15)31(27,28)25(2)14-23(26)24-19-13-21-18(12-22(19)29-3)17-6-4-5-7-20(17)30-21/h4-13H,14H2,1-3H3,(H,24,26). The summed E-state index contributed by atoms with van der Waals surface area (Å²) in [7, 11) is -0.912. The Balaban J connectivity index is 1.57. The van der Waals surface area contributed by atoms with E-state index in [1.165, 1.54) is 26.3 Å². The Kier molecular flexibility index (Phi) is 5.43. The largest absolute Gasteiger partial charge is 0.495 e. The van der Waals surface area contributed by atoms with Crippen LogP contribution in [0.2, 0.25) is 0 Å². The fourth-order valence-electron chi connectivity index (χ4n) is 3.39. The second-order valence-electron chi connectivity index (χ2n) is 7.27. The number of aryl methyl sites for hydroxylation is 1. The predicted molar refractivity (Wildman–Crippen MR) is 120 cm³/mol. The molecule has 0 aliphatic rings. The first-order chi connectivity index (χ1) is 14.8. The second kappa shape index (κ2) is 8.05. The monoisotopic (exact) mass is 438 g/mol. The number of nitrogens with one attached hydrogen (secondary N) is 1. The number of likely N-dealkylation sites (N-methyl/N-ethyl adjacent to an activating group) is 1. The zero-order valence-corrected chi connectivity index (χ0v) is 18.2. The molecule has 4 aromatic rings. The number of sulfonamides is 1. The van der Waals surface area contributed by atoms with Crippen LogP contribution < -0.4 is 10.1 Å². The van der Waals surface area contributed by atoms with Crippen LogP contribution in [0.3, 0.4) is 0 Å². The van der Waals surface area contributed by atoms with Crippen LogP contribution in [0.4, 0.5) is 5.69 Å². The number of anilines is 1. The van der Waals surface area contributed by atoms with Crippen molar-refractivity contribution in [2.75, 3.05) is 26.0 Å². The van der Waals surface area contributed by atoms with E-state index in [-0.39, 0.29) is 11.4 Å². The number of hydrogen-bond donors (Lipinski definition) is 1. The van der Waals surface area contributed by atoms with Crippen LogP contribution in [-0.4, -0.2) is 39.3 Å². The van der Waals surface area contributed by atoms with Gasteiger partial charge in [0.05, 0.1) is 24.2 Å². The highest BCUT2D eigenvalue weighted by Gasteiger charge is 2.23. The molecule has 0 atom stereocenters. The van der Waals surface area contributed by atoms with E-state index in [2.05, 4.69) is 5.32 Å². The molecule has 4 rings (SSSR count). The van der Waals surface area contributed by atoms with Gasteiger partial charge in [-0.2, -0.15) is 4.31 Å². The van der Waals surface area contributed by atoms with Gasteiger partial charge in [-0.25, -0.2) is 8.42 Å². The summed E-state index contributed by atoms with van der Waals surface area (Å²) in [5.74, 6) is -0.0385. The van der Waals surface area contributed by atoms with E-state index in [0.717, 1.165) is 26.2 Å². The highest BCUT2D eigenvalue weighted by molar-refractivity contribution is 7.89. The Hall–Kier alpha value is -3.36.